The van der Waals surface area contributed by atoms with Gasteiger partial charge in [0.15, 0.2) is 16.7 Å². The summed E-state index contributed by atoms with van der Waals surface area (Å²) < 4.78 is 36.0. The molecule has 192 valence electrons. The number of thioether (sulfide) groups is 2. The van der Waals surface area contributed by atoms with E-state index >= 15 is 0 Å². The zero-order valence-corrected chi connectivity index (χ0v) is 22.8. The van der Waals surface area contributed by atoms with Gasteiger partial charge < -0.3 is 14.8 Å². The van der Waals surface area contributed by atoms with E-state index in [0.29, 0.717) is 34.7 Å². The van der Waals surface area contributed by atoms with E-state index < -0.39 is 5.76 Å². The Kier molecular flexibility index (Phi) is 10.1. The van der Waals surface area contributed by atoms with Crippen molar-refractivity contribution >= 4 is 34.4 Å². The number of hydrogen-bond donors (Lipinski definition) is 1. The fourth-order valence-electron chi connectivity index (χ4n) is 3.36. The highest BCUT2D eigenvalue weighted by atomic mass is 32.2. The highest BCUT2D eigenvalue weighted by Gasteiger charge is 2.13. The van der Waals surface area contributed by atoms with Crippen LogP contribution in [0.15, 0.2) is 76.6 Å². The molecule has 0 fully saturated rings. The van der Waals surface area contributed by atoms with Gasteiger partial charge in [0, 0.05) is 16.3 Å². The molecule has 0 radical (unpaired) electrons. The SMILES string of the molecule is COc1ccc(CN=C(Nc2ccc(SC(F)F)cc2)SCc2ccc(C(C)(C)C)cc2)cc1OC. The molecule has 1 N–H and O–H groups in total. The summed E-state index contributed by atoms with van der Waals surface area (Å²) in [6, 6.07) is 21.3. The molecular weight excluding hydrogens is 498 g/mol. The molecule has 0 saturated carbocycles. The first-order valence-corrected chi connectivity index (χ1v) is 13.3. The van der Waals surface area contributed by atoms with Gasteiger partial charge >= 0.3 is 0 Å². The number of halogens is 2. The number of aliphatic imine (C=N–C) groups is 1. The Labute approximate surface area is 220 Å². The molecule has 3 aromatic rings. The lowest BCUT2D eigenvalue weighted by Gasteiger charge is -2.19. The molecule has 0 atom stereocenters. The lowest BCUT2D eigenvalue weighted by atomic mass is 9.87. The first-order valence-electron chi connectivity index (χ1n) is 11.5. The van der Waals surface area contributed by atoms with Crippen molar-refractivity contribution in [3.8, 4) is 11.5 Å². The quantitative estimate of drug-likeness (QED) is 0.172. The Morgan fingerprint density at radius 1 is 0.889 bits per heavy atom. The number of alkyl halides is 2. The zero-order valence-electron chi connectivity index (χ0n) is 21.2. The van der Waals surface area contributed by atoms with Crippen LogP contribution < -0.4 is 14.8 Å². The van der Waals surface area contributed by atoms with Crippen LogP contribution in [-0.2, 0) is 17.7 Å². The molecule has 0 aliphatic heterocycles. The van der Waals surface area contributed by atoms with Gasteiger partial charge in [0.25, 0.3) is 5.76 Å². The molecule has 4 nitrogen and oxygen atoms in total. The summed E-state index contributed by atoms with van der Waals surface area (Å²) in [7, 11) is 3.21. The van der Waals surface area contributed by atoms with E-state index in [1.807, 2.05) is 18.2 Å². The van der Waals surface area contributed by atoms with Crippen molar-refractivity contribution < 1.29 is 18.3 Å². The molecule has 0 aliphatic rings. The molecule has 3 rings (SSSR count). The number of methoxy groups -OCH3 is 2. The second-order valence-electron chi connectivity index (χ2n) is 9.07. The monoisotopic (exact) mass is 530 g/mol. The second-order valence-corrected chi connectivity index (χ2v) is 11.1. The van der Waals surface area contributed by atoms with Gasteiger partial charge in [-0.05, 0) is 58.5 Å². The van der Waals surface area contributed by atoms with E-state index in [9.17, 15) is 8.78 Å². The van der Waals surface area contributed by atoms with Crippen molar-refractivity contribution in [3.05, 3.63) is 83.4 Å². The largest absolute Gasteiger partial charge is 0.493 e. The van der Waals surface area contributed by atoms with Crippen LogP contribution in [-0.4, -0.2) is 25.1 Å². The van der Waals surface area contributed by atoms with Crippen molar-refractivity contribution in [2.45, 2.75) is 49.1 Å². The predicted octanol–water partition coefficient (Wildman–Crippen LogP) is 8.22. The molecule has 0 aliphatic carbocycles. The van der Waals surface area contributed by atoms with Gasteiger partial charge in [-0.15, -0.1) is 0 Å². The van der Waals surface area contributed by atoms with Crippen molar-refractivity contribution in [2.75, 3.05) is 19.5 Å². The third kappa shape index (κ3) is 8.45. The topological polar surface area (TPSA) is 42.8 Å². The number of amidine groups is 1. The van der Waals surface area contributed by atoms with Gasteiger partial charge in [0.2, 0.25) is 0 Å². The highest BCUT2D eigenvalue weighted by molar-refractivity contribution is 8.13. The van der Waals surface area contributed by atoms with Crippen molar-refractivity contribution in [2.24, 2.45) is 4.99 Å². The highest BCUT2D eigenvalue weighted by Crippen LogP contribution is 2.29. The van der Waals surface area contributed by atoms with Gasteiger partial charge in [-0.1, -0.05) is 74.6 Å². The molecule has 3 aromatic carbocycles. The normalized spacial score (nSPS) is 12.1. The molecule has 8 heteroatoms. The lowest BCUT2D eigenvalue weighted by Crippen LogP contribution is -2.11. The number of hydrogen-bond acceptors (Lipinski definition) is 5. The summed E-state index contributed by atoms with van der Waals surface area (Å²) in [6.07, 6.45) is 0. The number of nitrogens with one attached hydrogen (secondary N) is 1. The third-order valence-electron chi connectivity index (χ3n) is 5.38. The minimum Gasteiger partial charge on any atom is -0.493 e. The summed E-state index contributed by atoms with van der Waals surface area (Å²) in [5.74, 6) is -0.388. The van der Waals surface area contributed by atoms with Gasteiger partial charge in [0.1, 0.15) is 0 Å². The van der Waals surface area contributed by atoms with Crippen LogP contribution in [0.5, 0.6) is 11.5 Å². The maximum Gasteiger partial charge on any atom is 0.288 e. The van der Waals surface area contributed by atoms with Crippen LogP contribution in [0.3, 0.4) is 0 Å². The minimum atomic E-state index is -2.44. The van der Waals surface area contributed by atoms with E-state index in [1.54, 1.807) is 50.2 Å². The fraction of sp³-hybridized carbons (Fsp3) is 0.321. The molecule has 36 heavy (non-hydrogen) atoms. The van der Waals surface area contributed by atoms with Gasteiger partial charge in [0.05, 0.1) is 20.8 Å². The Balaban J connectivity index is 1.77. The fourth-order valence-corrected chi connectivity index (χ4v) is 4.70. The molecule has 0 bridgehead atoms. The Morgan fingerprint density at radius 3 is 2.11 bits per heavy atom. The first kappa shape index (κ1) is 27.9. The second kappa shape index (κ2) is 13.0. The zero-order chi connectivity index (χ0) is 26.1. The van der Waals surface area contributed by atoms with Crippen LogP contribution in [0.1, 0.15) is 37.5 Å². The van der Waals surface area contributed by atoms with Crippen molar-refractivity contribution in [1.82, 2.24) is 0 Å². The van der Waals surface area contributed by atoms with Crippen molar-refractivity contribution in [3.63, 3.8) is 0 Å². The summed E-state index contributed by atoms with van der Waals surface area (Å²) in [6.45, 7) is 7.04. The summed E-state index contributed by atoms with van der Waals surface area (Å²) in [5.41, 5.74) is 4.35. The molecule has 0 unspecified atom stereocenters. The number of anilines is 1. The molecule has 0 amide bonds. The molecule has 0 heterocycles. The number of rotatable bonds is 9. The number of ether oxygens (including phenoxy) is 2. The Morgan fingerprint density at radius 2 is 1.53 bits per heavy atom. The molecule has 0 saturated heterocycles. The van der Waals surface area contributed by atoms with E-state index in [2.05, 4.69) is 50.4 Å². The van der Waals surface area contributed by atoms with Crippen LogP contribution in [0.2, 0.25) is 0 Å². The predicted molar refractivity (Wildman–Crippen MR) is 149 cm³/mol. The van der Waals surface area contributed by atoms with E-state index in [0.717, 1.165) is 22.2 Å². The van der Waals surface area contributed by atoms with Gasteiger partial charge in [-0.25, -0.2) is 0 Å². The third-order valence-corrected chi connectivity index (χ3v) is 7.08. The van der Waals surface area contributed by atoms with Crippen molar-refractivity contribution in [1.29, 1.82) is 0 Å². The van der Waals surface area contributed by atoms with Crippen LogP contribution in [0, 0.1) is 0 Å². The Bertz CT molecular complexity index is 1150. The summed E-state index contributed by atoms with van der Waals surface area (Å²) in [4.78, 5) is 5.33. The molecule has 0 spiro atoms. The van der Waals surface area contributed by atoms with Crippen LogP contribution >= 0.6 is 23.5 Å². The maximum absolute atomic E-state index is 12.7. The van der Waals surface area contributed by atoms with Gasteiger partial charge in [-0.3, -0.25) is 4.99 Å². The maximum atomic E-state index is 12.7. The summed E-state index contributed by atoms with van der Waals surface area (Å²) in [5, 5.41) is 4.08. The van der Waals surface area contributed by atoms with E-state index in [-0.39, 0.29) is 5.41 Å². The first-order chi connectivity index (χ1) is 17.2. The Hall–Kier alpha value is -2.71. The smallest absolute Gasteiger partial charge is 0.288 e. The molecule has 0 aromatic heterocycles. The molecular formula is C28H32F2N2O2S2. The lowest BCUT2D eigenvalue weighted by molar-refractivity contribution is 0.252. The number of benzene rings is 3. The van der Waals surface area contributed by atoms with Gasteiger partial charge in [-0.2, -0.15) is 8.78 Å². The minimum absolute atomic E-state index is 0.105. The van der Waals surface area contributed by atoms with Crippen LogP contribution in [0.4, 0.5) is 14.5 Å². The average molecular weight is 531 g/mol. The van der Waals surface area contributed by atoms with E-state index in [1.165, 1.54) is 11.1 Å². The number of nitrogens with zero attached hydrogens (tertiary/aromatic N) is 1. The average Bonchev–Trinajstić information content (AvgIpc) is 2.86. The van der Waals surface area contributed by atoms with E-state index in [4.69, 9.17) is 14.5 Å². The summed E-state index contributed by atoms with van der Waals surface area (Å²) >= 11 is 2.12. The standard InChI is InChI=1S/C28H32F2N2O2S2/c1-28(2,3)21-9-6-19(7-10-21)18-35-27(32-22-11-13-23(14-12-22)36-26(29)30)31-17-20-8-15-24(33-4)25(16-20)34-5/h6-16,26H,17-18H2,1-5H3,(H,31,32). The van der Waals surface area contributed by atoms with Crippen LogP contribution in [0.25, 0.3) is 0 Å².